The number of hydrogen-bond donors (Lipinski definition) is 2. The van der Waals surface area contributed by atoms with Crippen LogP contribution in [0.5, 0.6) is 0 Å². The van der Waals surface area contributed by atoms with Gasteiger partial charge in [0, 0.05) is 18.7 Å². The molecule has 0 heterocycles. The Morgan fingerprint density at radius 1 is 1.40 bits per heavy atom. The lowest BCUT2D eigenvalue weighted by Gasteiger charge is -2.08. The first-order valence-electron chi connectivity index (χ1n) is 6.94. The predicted octanol–water partition coefficient (Wildman–Crippen LogP) is 2.71. The molecule has 0 unspecified atom stereocenters. The van der Waals surface area contributed by atoms with E-state index in [0.29, 0.717) is 19.6 Å². The van der Waals surface area contributed by atoms with E-state index in [1.165, 1.54) is 12.8 Å². The zero-order valence-corrected chi connectivity index (χ0v) is 12.5. The molecule has 0 atom stereocenters. The number of carbonyl (C=O) groups excluding carboxylic acids is 1. The number of nitrogens with two attached hydrogens (primary N) is 1. The molecule has 20 heavy (non-hydrogen) atoms. The van der Waals surface area contributed by atoms with Gasteiger partial charge in [0.25, 0.3) is 0 Å². The maximum Gasteiger partial charge on any atom is 0.224 e. The van der Waals surface area contributed by atoms with E-state index in [1.807, 2.05) is 24.3 Å². The molecule has 0 saturated heterocycles. The van der Waals surface area contributed by atoms with E-state index in [2.05, 4.69) is 5.32 Å². The van der Waals surface area contributed by atoms with E-state index < -0.39 is 0 Å². The third-order valence-electron chi connectivity index (χ3n) is 3.14. The fraction of sp³-hybridized carbons (Fsp3) is 0.533. The summed E-state index contributed by atoms with van der Waals surface area (Å²) in [4.78, 5) is 11.6. The molecule has 1 saturated carbocycles. The monoisotopic (exact) mass is 298 g/mol. The Balaban J connectivity index is 0.00000200. The Labute approximate surface area is 126 Å². The van der Waals surface area contributed by atoms with Crippen molar-refractivity contribution in [1.29, 1.82) is 0 Å². The van der Waals surface area contributed by atoms with Crippen LogP contribution in [-0.4, -0.2) is 19.1 Å². The molecular formula is C15H23ClN2O2. The molecule has 1 fully saturated rings. The fourth-order valence-electron chi connectivity index (χ4n) is 1.85. The second kappa shape index (κ2) is 8.95. The highest BCUT2D eigenvalue weighted by atomic mass is 35.5. The van der Waals surface area contributed by atoms with Crippen LogP contribution in [0.25, 0.3) is 0 Å². The Kier molecular flexibility index (Phi) is 7.59. The van der Waals surface area contributed by atoms with Crippen LogP contribution in [0.3, 0.4) is 0 Å². The smallest absolute Gasteiger partial charge is 0.224 e. The molecule has 1 aliphatic rings. The highest BCUT2D eigenvalue weighted by Crippen LogP contribution is 2.29. The lowest BCUT2D eigenvalue weighted by Crippen LogP contribution is -2.13. The lowest BCUT2D eigenvalue weighted by atomic mass is 10.2. The summed E-state index contributed by atoms with van der Waals surface area (Å²) in [6.07, 6.45) is 3.80. The van der Waals surface area contributed by atoms with E-state index in [9.17, 15) is 4.79 Å². The van der Waals surface area contributed by atoms with Gasteiger partial charge in [-0.25, -0.2) is 0 Å². The third kappa shape index (κ3) is 6.37. The van der Waals surface area contributed by atoms with Gasteiger partial charge < -0.3 is 15.8 Å². The minimum atomic E-state index is 0. The van der Waals surface area contributed by atoms with Crippen molar-refractivity contribution in [2.75, 3.05) is 18.5 Å². The Hall–Kier alpha value is -1.10. The molecule has 1 aromatic carbocycles. The molecule has 0 radical (unpaired) electrons. The lowest BCUT2D eigenvalue weighted by molar-refractivity contribution is -0.116. The number of hydrogen-bond acceptors (Lipinski definition) is 3. The molecule has 2 rings (SSSR count). The van der Waals surface area contributed by atoms with Crippen molar-refractivity contribution in [3.8, 4) is 0 Å². The highest BCUT2D eigenvalue weighted by molar-refractivity contribution is 5.90. The number of carbonyl (C=O) groups is 1. The zero-order chi connectivity index (χ0) is 13.5. The summed E-state index contributed by atoms with van der Waals surface area (Å²) in [5.41, 5.74) is 7.31. The van der Waals surface area contributed by atoms with Crippen LogP contribution in [0, 0.1) is 5.92 Å². The molecule has 0 spiro atoms. The Bertz CT molecular complexity index is 422. The number of nitrogens with one attached hydrogen (secondary N) is 1. The van der Waals surface area contributed by atoms with Crippen molar-refractivity contribution < 1.29 is 9.53 Å². The van der Waals surface area contributed by atoms with Gasteiger partial charge in [0.15, 0.2) is 0 Å². The second-order valence-corrected chi connectivity index (χ2v) is 5.10. The molecule has 3 N–H and O–H groups in total. The summed E-state index contributed by atoms with van der Waals surface area (Å²) in [6.45, 7) is 2.01. The van der Waals surface area contributed by atoms with E-state index >= 15 is 0 Å². The van der Waals surface area contributed by atoms with Crippen LogP contribution in [0.2, 0.25) is 0 Å². The van der Waals surface area contributed by atoms with Gasteiger partial charge in [-0.2, -0.15) is 0 Å². The molecular weight excluding hydrogens is 276 g/mol. The molecule has 4 nitrogen and oxygen atoms in total. The predicted molar refractivity (Wildman–Crippen MR) is 83.0 cm³/mol. The fourth-order valence-corrected chi connectivity index (χ4v) is 1.85. The summed E-state index contributed by atoms with van der Waals surface area (Å²) in [7, 11) is 0. The molecule has 0 aromatic heterocycles. The van der Waals surface area contributed by atoms with Crippen LogP contribution in [-0.2, 0) is 16.1 Å². The number of rotatable bonds is 8. The van der Waals surface area contributed by atoms with E-state index in [4.69, 9.17) is 10.5 Å². The Morgan fingerprint density at radius 3 is 2.90 bits per heavy atom. The number of ether oxygens (including phenoxy) is 1. The Morgan fingerprint density at radius 2 is 2.20 bits per heavy atom. The molecule has 1 aromatic rings. The van der Waals surface area contributed by atoms with Gasteiger partial charge in [0.1, 0.15) is 0 Å². The first-order valence-corrected chi connectivity index (χ1v) is 6.94. The minimum absolute atomic E-state index is 0. The summed E-state index contributed by atoms with van der Waals surface area (Å²) in [5, 5.41) is 2.88. The maximum absolute atomic E-state index is 11.6. The maximum atomic E-state index is 11.6. The van der Waals surface area contributed by atoms with Crippen molar-refractivity contribution >= 4 is 24.0 Å². The first kappa shape index (κ1) is 17.0. The van der Waals surface area contributed by atoms with Gasteiger partial charge in [-0.15, -0.1) is 12.4 Å². The van der Waals surface area contributed by atoms with Crippen LogP contribution < -0.4 is 11.1 Å². The average molecular weight is 299 g/mol. The van der Waals surface area contributed by atoms with Gasteiger partial charge >= 0.3 is 0 Å². The quantitative estimate of drug-likeness (QED) is 0.775. The van der Waals surface area contributed by atoms with Crippen molar-refractivity contribution in [2.45, 2.75) is 32.3 Å². The SMILES string of the molecule is Cl.NCCCC(=O)Nc1cccc(COCC2CC2)c1. The molecule has 1 aliphatic carbocycles. The number of amides is 1. The number of halogens is 1. The van der Waals surface area contributed by atoms with E-state index in [-0.39, 0.29) is 18.3 Å². The van der Waals surface area contributed by atoms with Crippen molar-refractivity contribution in [1.82, 2.24) is 0 Å². The summed E-state index contributed by atoms with van der Waals surface area (Å²) in [6, 6.07) is 7.81. The van der Waals surface area contributed by atoms with Gasteiger partial charge in [0.05, 0.1) is 6.61 Å². The number of benzene rings is 1. The van der Waals surface area contributed by atoms with Crippen LogP contribution in [0.4, 0.5) is 5.69 Å². The second-order valence-electron chi connectivity index (χ2n) is 5.10. The van der Waals surface area contributed by atoms with Crippen molar-refractivity contribution in [2.24, 2.45) is 11.7 Å². The topological polar surface area (TPSA) is 64.4 Å². The van der Waals surface area contributed by atoms with Crippen molar-refractivity contribution in [3.63, 3.8) is 0 Å². The van der Waals surface area contributed by atoms with E-state index in [1.54, 1.807) is 0 Å². The van der Waals surface area contributed by atoms with Gasteiger partial charge in [-0.3, -0.25) is 4.79 Å². The van der Waals surface area contributed by atoms with E-state index in [0.717, 1.165) is 30.2 Å². The highest BCUT2D eigenvalue weighted by Gasteiger charge is 2.20. The zero-order valence-electron chi connectivity index (χ0n) is 11.6. The van der Waals surface area contributed by atoms with Crippen LogP contribution in [0.15, 0.2) is 24.3 Å². The standard InChI is InChI=1S/C15H22N2O2.ClH/c16-8-2-5-15(18)17-14-4-1-3-13(9-14)11-19-10-12-6-7-12;/h1,3-4,9,12H,2,5-8,10-11,16H2,(H,17,18);1H. The molecule has 0 bridgehead atoms. The van der Waals surface area contributed by atoms with Gasteiger partial charge in [-0.1, -0.05) is 12.1 Å². The molecule has 0 aliphatic heterocycles. The average Bonchev–Trinajstić information content (AvgIpc) is 3.21. The summed E-state index contributed by atoms with van der Waals surface area (Å²) >= 11 is 0. The molecule has 1 amide bonds. The van der Waals surface area contributed by atoms with Crippen molar-refractivity contribution in [3.05, 3.63) is 29.8 Å². The number of anilines is 1. The molecule has 112 valence electrons. The minimum Gasteiger partial charge on any atom is -0.376 e. The summed E-state index contributed by atoms with van der Waals surface area (Å²) < 4.78 is 5.64. The molecule has 5 heteroatoms. The largest absolute Gasteiger partial charge is 0.376 e. The first-order chi connectivity index (χ1) is 9.28. The summed E-state index contributed by atoms with van der Waals surface area (Å²) in [5.74, 6) is 0.792. The van der Waals surface area contributed by atoms with Gasteiger partial charge in [-0.05, 0) is 49.4 Å². The normalized spacial score (nSPS) is 13.7. The van der Waals surface area contributed by atoms with Crippen LogP contribution >= 0.6 is 12.4 Å². The van der Waals surface area contributed by atoms with Gasteiger partial charge in [0.2, 0.25) is 5.91 Å². The van der Waals surface area contributed by atoms with Crippen LogP contribution in [0.1, 0.15) is 31.2 Å². The third-order valence-corrected chi connectivity index (χ3v) is 3.14.